The highest BCUT2D eigenvalue weighted by atomic mass is 16.3. The summed E-state index contributed by atoms with van der Waals surface area (Å²) in [6.07, 6.45) is 7.94. The lowest BCUT2D eigenvalue weighted by Crippen LogP contribution is -2.33. The quantitative estimate of drug-likeness (QED) is 0.554. The molecule has 5 nitrogen and oxygen atoms in total. The number of rotatable bonds is 7. The van der Waals surface area contributed by atoms with Crippen molar-refractivity contribution in [3.05, 3.63) is 59.9 Å². The lowest BCUT2D eigenvalue weighted by molar-refractivity contribution is 0.0940. The number of carbonyl (C=O) groups is 1. The minimum Gasteiger partial charge on any atom is -0.442 e. The van der Waals surface area contributed by atoms with E-state index < -0.39 is 0 Å². The minimum atomic E-state index is 0.0155. The minimum absolute atomic E-state index is 0.0155. The van der Waals surface area contributed by atoms with Gasteiger partial charge < -0.3 is 4.42 Å². The van der Waals surface area contributed by atoms with Gasteiger partial charge in [0.15, 0.2) is 0 Å². The number of aryl methyl sites for hydroxylation is 1. The van der Waals surface area contributed by atoms with Crippen LogP contribution in [0.15, 0.2) is 47.2 Å². The van der Waals surface area contributed by atoms with Crippen LogP contribution in [0.25, 0.3) is 10.9 Å². The molecule has 1 aromatic carbocycles. The van der Waals surface area contributed by atoms with Crippen LogP contribution in [0.2, 0.25) is 0 Å². The van der Waals surface area contributed by atoms with Gasteiger partial charge in [0.25, 0.3) is 5.89 Å². The summed E-state index contributed by atoms with van der Waals surface area (Å²) in [5, 5.41) is 1.22. The Kier molecular flexibility index (Phi) is 5.81. The molecular weight excluding hydrogens is 350 g/mol. The maximum absolute atomic E-state index is 12.0. The van der Waals surface area contributed by atoms with E-state index in [0.29, 0.717) is 12.3 Å². The van der Waals surface area contributed by atoms with Gasteiger partial charge in [0.2, 0.25) is 5.78 Å². The fraction of sp³-hybridized carbons (Fsp3) is 0.435. The molecule has 0 amide bonds. The van der Waals surface area contributed by atoms with Gasteiger partial charge in [-0.3, -0.25) is 14.7 Å². The molecule has 1 saturated heterocycles. The van der Waals surface area contributed by atoms with Crippen molar-refractivity contribution >= 4 is 16.7 Å². The van der Waals surface area contributed by atoms with Crippen LogP contribution in [0.1, 0.15) is 54.0 Å². The zero-order valence-corrected chi connectivity index (χ0v) is 16.4. The zero-order chi connectivity index (χ0) is 19.3. The van der Waals surface area contributed by atoms with Crippen molar-refractivity contribution in [2.75, 3.05) is 13.1 Å². The molecule has 3 aromatic rings. The van der Waals surface area contributed by atoms with Gasteiger partial charge in [-0.2, -0.15) is 0 Å². The fourth-order valence-corrected chi connectivity index (χ4v) is 4.11. The Bertz CT molecular complexity index is 928. The van der Waals surface area contributed by atoms with Crippen LogP contribution in [-0.2, 0) is 6.54 Å². The maximum atomic E-state index is 12.0. The van der Waals surface area contributed by atoms with Gasteiger partial charge in [-0.15, -0.1) is 0 Å². The lowest BCUT2D eigenvalue weighted by Gasteiger charge is -2.32. The van der Waals surface area contributed by atoms with Crippen LogP contribution in [0.4, 0.5) is 0 Å². The monoisotopic (exact) mass is 377 g/mol. The van der Waals surface area contributed by atoms with Gasteiger partial charge in [0.05, 0.1) is 11.7 Å². The molecule has 1 aliphatic rings. The SMILES string of the molecule is Cc1nc2ccccc2cc1CN1CCC(CCCC(=O)c2ncco2)CC1. The zero-order valence-electron chi connectivity index (χ0n) is 16.4. The van der Waals surface area contributed by atoms with E-state index in [2.05, 4.69) is 41.1 Å². The van der Waals surface area contributed by atoms with Gasteiger partial charge in [0, 0.05) is 24.0 Å². The van der Waals surface area contributed by atoms with E-state index in [-0.39, 0.29) is 11.7 Å². The van der Waals surface area contributed by atoms with E-state index in [1.807, 2.05) is 6.07 Å². The number of benzene rings is 1. The number of pyridine rings is 1. The molecule has 0 unspecified atom stereocenters. The summed E-state index contributed by atoms with van der Waals surface area (Å²) >= 11 is 0. The Morgan fingerprint density at radius 3 is 2.86 bits per heavy atom. The first-order chi connectivity index (χ1) is 13.7. The van der Waals surface area contributed by atoms with Crippen molar-refractivity contribution in [3.63, 3.8) is 0 Å². The molecule has 0 radical (unpaired) electrons. The maximum Gasteiger partial charge on any atom is 0.263 e. The number of nitrogens with zero attached hydrogens (tertiary/aromatic N) is 3. The number of ketones is 1. The Morgan fingerprint density at radius 1 is 1.25 bits per heavy atom. The number of para-hydroxylation sites is 1. The van der Waals surface area contributed by atoms with Crippen LogP contribution in [0, 0.1) is 12.8 Å². The number of aromatic nitrogens is 2. The van der Waals surface area contributed by atoms with Gasteiger partial charge in [-0.05, 0) is 69.3 Å². The first-order valence-electron chi connectivity index (χ1n) is 10.2. The number of oxazole rings is 1. The third kappa shape index (κ3) is 4.47. The van der Waals surface area contributed by atoms with E-state index >= 15 is 0 Å². The predicted molar refractivity (Wildman–Crippen MR) is 109 cm³/mol. The number of piperidine rings is 1. The van der Waals surface area contributed by atoms with E-state index in [4.69, 9.17) is 9.40 Å². The number of hydrogen-bond donors (Lipinski definition) is 0. The molecule has 0 bridgehead atoms. The van der Waals surface area contributed by atoms with Crippen molar-refractivity contribution in [1.82, 2.24) is 14.9 Å². The molecular formula is C23H27N3O2. The molecule has 4 rings (SSSR count). The van der Waals surface area contributed by atoms with Crippen LogP contribution in [0.5, 0.6) is 0 Å². The van der Waals surface area contributed by atoms with Gasteiger partial charge in [-0.1, -0.05) is 18.2 Å². The van der Waals surface area contributed by atoms with Crippen molar-refractivity contribution in [3.8, 4) is 0 Å². The molecule has 0 saturated carbocycles. The summed E-state index contributed by atoms with van der Waals surface area (Å²) in [5.74, 6) is 0.973. The number of Topliss-reactive ketones (excluding diaryl/α,β-unsaturated/α-hetero) is 1. The lowest BCUT2D eigenvalue weighted by atomic mass is 9.91. The highest BCUT2D eigenvalue weighted by Gasteiger charge is 2.20. The summed E-state index contributed by atoms with van der Waals surface area (Å²) in [6, 6.07) is 10.6. The van der Waals surface area contributed by atoms with Gasteiger partial charge >= 0.3 is 0 Å². The fourth-order valence-electron chi connectivity index (χ4n) is 4.11. The second kappa shape index (κ2) is 8.65. The molecule has 5 heteroatoms. The van der Waals surface area contributed by atoms with Gasteiger partial charge in [-0.25, -0.2) is 4.98 Å². The molecule has 0 aliphatic carbocycles. The second-order valence-electron chi connectivity index (χ2n) is 7.80. The molecule has 3 heterocycles. The van der Waals surface area contributed by atoms with E-state index in [0.717, 1.165) is 43.7 Å². The third-order valence-electron chi connectivity index (χ3n) is 5.81. The van der Waals surface area contributed by atoms with Crippen LogP contribution in [0.3, 0.4) is 0 Å². The van der Waals surface area contributed by atoms with Crippen molar-refractivity contribution in [2.45, 2.75) is 45.6 Å². The highest BCUT2D eigenvalue weighted by Crippen LogP contribution is 2.25. The normalized spacial score (nSPS) is 15.9. The smallest absolute Gasteiger partial charge is 0.263 e. The highest BCUT2D eigenvalue weighted by molar-refractivity contribution is 5.91. The molecule has 0 N–H and O–H groups in total. The van der Waals surface area contributed by atoms with E-state index in [1.165, 1.54) is 36.3 Å². The number of hydrogen-bond acceptors (Lipinski definition) is 5. The van der Waals surface area contributed by atoms with Crippen LogP contribution < -0.4 is 0 Å². The molecule has 2 aromatic heterocycles. The van der Waals surface area contributed by atoms with Gasteiger partial charge in [0.1, 0.15) is 6.26 Å². The molecule has 1 fully saturated rings. The van der Waals surface area contributed by atoms with Crippen molar-refractivity contribution in [1.29, 1.82) is 0 Å². The standard InChI is InChI=1S/C23H27N3O2/c1-17-20(15-19-6-2-3-7-21(19)25-17)16-26-12-9-18(10-13-26)5-4-8-22(27)23-24-11-14-28-23/h2-3,6-7,11,14-15,18H,4-5,8-10,12-13,16H2,1H3. The Balaban J connectivity index is 1.24. The number of fused-ring (bicyclic) bond motifs is 1. The molecule has 0 atom stereocenters. The molecule has 146 valence electrons. The Morgan fingerprint density at radius 2 is 2.07 bits per heavy atom. The van der Waals surface area contributed by atoms with Crippen LogP contribution in [-0.4, -0.2) is 33.7 Å². The topological polar surface area (TPSA) is 59.2 Å². The number of likely N-dealkylation sites (tertiary alicyclic amines) is 1. The molecule has 1 aliphatic heterocycles. The van der Waals surface area contributed by atoms with Crippen molar-refractivity contribution in [2.24, 2.45) is 5.92 Å². The predicted octanol–water partition coefficient (Wildman–Crippen LogP) is 4.80. The van der Waals surface area contributed by atoms with Crippen molar-refractivity contribution < 1.29 is 9.21 Å². The summed E-state index contributed by atoms with van der Waals surface area (Å²) in [5.41, 5.74) is 3.53. The summed E-state index contributed by atoms with van der Waals surface area (Å²) < 4.78 is 5.07. The second-order valence-corrected chi connectivity index (χ2v) is 7.80. The average molecular weight is 377 g/mol. The molecule has 28 heavy (non-hydrogen) atoms. The first-order valence-corrected chi connectivity index (χ1v) is 10.2. The largest absolute Gasteiger partial charge is 0.442 e. The number of carbonyl (C=O) groups excluding carboxylic acids is 1. The summed E-state index contributed by atoms with van der Waals surface area (Å²) in [7, 11) is 0. The molecule has 0 spiro atoms. The Labute approximate surface area is 165 Å². The summed E-state index contributed by atoms with van der Waals surface area (Å²) in [6.45, 7) is 5.31. The van der Waals surface area contributed by atoms with Crippen LogP contribution >= 0.6 is 0 Å². The summed E-state index contributed by atoms with van der Waals surface area (Å²) in [4.78, 5) is 23.2. The average Bonchev–Trinajstić information content (AvgIpc) is 3.25. The Hall–Kier alpha value is -2.53. The van der Waals surface area contributed by atoms with E-state index in [1.54, 1.807) is 0 Å². The van der Waals surface area contributed by atoms with E-state index in [9.17, 15) is 4.79 Å². The first kappa shape index (κ1) is 18.8. The third-order valence-corrected chi connectivity index (χ3v) is 5.81.